The van der Waals surface area contributed by atoms with Gasteiger partial charge in [-0.25, -0.2) is 4.98 Å². The van der Waals surface area contributed by atoms with Crippen LogP contribution in [0.1, 0.15) is 65.8 Å². The fourth-order valence-electron chi connectivity index (χ4n) is 4.46. The molecule has 3 amide bonds. The molecule has 9 heteroatoms. The molecule has 2 heterocycles. The smallest absolute Gasteiger partial charge is 0.276 e. The molecule has 1 aromatic carbocycles. The van der Waals surface area contributed by atoms with E-state index in [0.717, 1.165) is 44.2 Å². The molecule has 33 heavy (non-hydrogen) atoms. The van der Waals surface area contributed by atoms with E-state index < -0.39 is 0 Å². The molecule has 0 radical (unpaired) electrons. The van der Waals surface area contributed by atoms with Gasteiger partial charge in [-0.1, -0.05) is 19.3 Å². The van der Waals surface area contributed by atoms with Crippen LogP contribution in [0.25, 0.3) is 10.9 Å². The number of aromatic amines is 1. The van der Waals surface area contributed by atoms with Crippen molar-refractivity contribution < 1.29 is 14.4 Å². The molecule has 172 valence electrons. The molecule has 0 atom stereocenters. The largest absolute Gasteiger partial charge is 0.349 e. The van der Waals surface area contributed by atoms with Crippen LogP contribution in [-0.4, -0.2) is 40.8 Å². The molecule has 0 spiro atoms. The van der Waals surface area contributed by atoms with Crippen LogP contribution in [0.4, 0.5) is 11.5 Å². The fraction of sp³-hybridized carbons (Fsp3) is 0.417. The number of carbonyl (C=O) groups excluding carboxylic acids is 3. The van der Waals surface area contributed by atoms with Crippen molar-refractivity contribution >= 4 is 51.5 Å². The number of nitrogens with one attached hydrogen (secondary N) is 3. The van der Waals surface area contributed by atoms with Crippen LogP contribution in [0.15, 0.2) is 29.1 Å². The molecular formula is C24H27N5O3S. The standard InChI is InChI=1S/C24H27N5O3S/c1-29(24(32)14-5-3-2-4-6-14)16-9-10-17-18(11-16)27-21(20(17)23(31)26-15-7-8-15)28-22(30)19-12-33-13-25-19/h9-15,27H,2-8H2,1H3,(H,26,31)(H,28,30). The fourth-order valence-corrected chi connectivity index (χ4v) is 4.99. The number of carbonyl (C=O) groups is 3. The molecule has 8 nitrogen and oxygen atoms in total. The molecule has 3 aromatic rings. The Kier molecular flexibility index (Phi) is 5.88. The molecule has 2 aliphatic rings. The van der Waals surface area contributed by atoms with E-state index in [4.69, 9.17) is 0 Å². The maximum Gasteiger partial charge on any atom is 0.276 e. The summed E-state index contributed by atoms with van der Waals surface area (Å²) in [6.07, 6.45) is 7.20. The highest BCUT2D eigenvalue weighted by molar-refractivity contribution is 7.07. The summed E-state index contributed by atoms with van der Waals surface area (Å²) in [5, 5.41) is 8.17. The summed E-state index contributed by atoms with van der Waals surface area (Å²) in [5.41, 5.74) is 3.72. The maximum atomic E-state index is 13.0. The number of thiazole rings is 1. The van der Waals surface area contributed by atoms with Crippen molar-refractivity contribution in [2.24, 2.45) is 5.92 Å². The predicted molar refractivity (Wildman–Crippen MR) is 129 cm³/mol. The van der Waals surface area contributed by atoms with Crippen molar-refractivity contribution in [1.29, 1.82) is 0 Å². The molecular weight excluding hydrogens is 438 g/mol. The number of fused-ring (bicyclic) bond motifs is 1. The lowest BCUT2D eigenvalue weighted by atomic mass is 9.88. The van der Waals surface area contributed by atoms with E-state index in [9.17, 15) is 14.4 Å². The van der Waals surface area contributed by atoms with Crippen LogP contribution in [0, 0.1) is 5.92 Å². The summed E-state index contributed by atoms with van der Waals surface area (Å²) >= 11 is 1.33. The van der Waals surface area contributed by atoms with Gasteiger partial charge in [-0.05, 0) is 43.9 Å². The van der Waals surface area contributed by atoms with Crippen LogP contribution in [0.5, 0.6) is 0 Å². The summed E-state index contributed by atoms with van der Waals surface area (Å²) in [7, 11) is 1.80. The van der Waals surface area contributed by atoms with Crippen molar-refractivity contribution in [3.8, 4) is 0 Å². The second kappa shape index (κ2) is 8.97. The molecule has 0 bridgehead atoms. The number of hydrogen-bond donors (Lipinski definition) is 3. The SMILES string of the molecule is CN(C(=O)C1CCCCC1)c1ccc2c(C(=O)NC3CC3)c(NC(=O)c3cscn3)[nH]c2c1. The van der Waals surface area contributed by atoms with Crippen LogP contribution < -0.4 is 15.5 Å². The van der Waals surface area contributed by atoms with Gasteiger partial charge in [0.2, 0.25) is 5.91 Å². The predicted octanol–water partition coefficient (Wildman–Crippen LogP) is 4.31. The number of aromatic nitrogens is 2. The number of hydrogen-bond acceptors (Lipinski definition) is 5. The molecule has 2 aromatic heterocycles. The monoisotopic (exact) mass is 465 g/mol. The molecule has 0 aliphatic heterocycles. The minimum Gasteiger partial charge on any atom is -0.349 e. The lowest BCUT2D eigenvalue weighted by Gasteiger charge is -2.26. The maximum absolute atomic E-state index is 13.0. The zero-order chi connectivity index (χ0) is 22.9. The number of anilines is 2. The Morgan fingerprint density at radius 1 is 1.09 bits per heavy atom. The van der Waals surface area contributed by atoms with Gasteiger partial charge in [-0.15, -0.1) is 11.3 Å². The number of amides is 3. The summed E-state index contributed by atoms with van der Waals surface area (Å²) in [5.74, 6) is -0.0790. The van der Waals surface area contributed by atoms with Gasteiger partial charge in [-0.3, -0.25) is 14.4 Å². The lowest BCUT2D eigenvalue weighted by Crippen LogP contribution is -2.33. The van der Waals surface area contributed by atoms with Crippen LogP contribution in [-0.2, 0) is 4.79 Å². The van der Waals surface area contributed by atoms with E-state index >= 15 is 0 Å². The van der Waals surface area contributed by atoms with Gasteiger partial charge in [0.15, 0.2) is 0 Å². The van der Waals surface area contributed by atoms with E-state index in [1.807, 2.05) is 18.2 Å². The van der Waals surface area contributed by atoms with Crippen molar-refractivity contribution in [2.45, 2.75) is 51.0 Å². The molecule has 0 saturated heterocycles. The Morgan fingerprint density at radius 2 is 1.88 bits per heavy atom. The zero-order valence-electron chi connectivity index (χ0n) is 18.5. The second-order valence-corrected chi connectivity index (χ2v) is 9.63. The topological polar surface area (TPSA) is 107 Å². The number of H-pyrrole nitrogens is 1. The minimum atomic E-state index is -0.381. The van der Waals surface area contributed by atoms with Gasteiger partial charge >= 0.3 is 0 Å². The number of rotatable bonds is 6. The first-order valence-corrected chi connectivity index (χ1v) is 12.4. The van der Waals surface area contributed by atoms with Gasteiger partial charge in [0, 0.05) is 41.0 Å². The highest BCUT2D eigenvalue weighted by Gasteiger charge is 2.29. The number of benzene rings is 1. The van der Waals surface area contributed by atoms with Gasteiger partial charge in [0.25, 0.3) is 11.8 Å². The molecule has 5 rings (SSSR count). The highest BCUT2D eigenvalue weighted by Crippen LogP contribution is 2.32. The molecule has 3 N–H and O–H groups in total. The highest BCUT2D eigenvalue weighted by atomic mass is 32.1. The Morgan fingerprint density at radius 3 is 2.58 bits per heavy atom. The van der Waals surface area contributed by atoms with E-state index in [1.165, 1.54) is 17.8 Å². The molecule has 2 fully saturated rings. The van der Waals surface area contributed by atoms with Crippen LogP contribution in [0.2, 0.25) is 0 Å². The van der Waals surface area contributed by atoms with Crippen molar-refractivity contribution in [3.05, 3.63) is 40.3 Å². The van der Waals surface area contributed by atoms with Crippen molar-refractivity contribution in [2.75, 3.05) is 17.3 Å². The lowest BCUT2D eigenvalue weighted by molar-refractivity contribution is -0.123. The first-order chi connectivity index (χ1) is 16.0. The van der Waals surface area contributed by atoms with E-state index in [2.05, 4.69) is 20.6 Å². The van der Waals surface area contributed by atoms with Gasteiger partial charge in [0.1, 0.15) is 11.5 Å². The minimum absolute atomic E-state index is 0.0657. The van der Waals surface area contributed by atoms with E-state index in [0.29, 0.717) is 28.0 Å². The van der Waals surface area contributed by atoms with E-state index in [1.54, 1.807) is 22.8 Å². The first kappa shape index (κ1) is 21.6. The Labute approximate surface area is 195 Å². The number of nitrogens with zero attached hydrogens (tertiary/aromatic N) is 2. The Bertz CT molecular complexity index is 1190. The van der Waals surface area contributed by atoms with Gasteiger partial charge in [-0.2, -0.15) is 0 Å². The average Bonchev–Trinajstić information content (AvgIpc) is 3.33. The van der Waals surface area contributed by atoms with Crippen molar-refractivity contribution in [3.63, 3.8) is 0 Å². The normalized spacial score (nSPS) is 16.5. The second-order valence-electron chi connectivity index (χ2n) is 8.91. The van der Waals surface area contributed by atoms with E-state index in [-0.39, 0.29) is 29.7 Å². The molecule has 2 saturated carbocycles. The third-order valence-corrected chi connectivity index (χ3v) is 7.08. The average molecular weight is 466 g/mol. The third kappa shape index (κ3) is 4.50. The zero-order valence-corrected chi connectivity index (χ0v) is 19.3. The van der Waals surface area contributed by atoms with Gasteiger partial charge in [0.05, 0.1) is 11.1 Å². The summed E-state index contributed by atoms with van der Waals surface area (Å²) < 4.78 is 0. The summed E-state index contributed by atoms with van der Waals surface area (Å²) in [4.78, 5) is 47.6. The first-order valence-electron chi connectivity index (χ1n) is 11.4. The molecule has 2 aliphatic carbocycles. The summed E-state index contributed by atoms with van der Waals surface area (Å²) in [6, 6.07) is 5.74. The van der Waals surface area contributed by atoms with Crippen LogP contribution in [0.3, 0.4) is 0 Å². The van der Waals surface area contributed by atoms with Crippen molar-refractivity contribution in [1.82, 2.24) is 15.3 Å². The molecule has 0 unspecified atom stereocenters. The quantitative estimate of drug-likeness (QED) is 0.504. The van der Waals surface area contributed by atoms with Gasteiger partial charge < -0.3 is 20.5 Å². The third-order valence-electron chi connectivity index (χ3n) is 6.50. The summed E-state index contributed by atoms with van der Waals surface area (Å²) in [6.45, 7) is 0. The van der Waals surface area contributed by atoms with Crippen LogP contribution >= 0.6 is 11.3 Å². The Balaban J connectivity index is 1.46. The Hall–Kier alpha value is -3.20.